The van der Waals surface area contributed by atoms with Crippen molar-refractivity contribution < 1.29 is 24.2 Å². The van der Waals surface area contributed by atoms with Gasteiger partial charge in [-0.05, 0) is 44.5 Å². The first-order valence-corrected chi connectivity index (χ1v) is 7.43. The van der Waals surface area contributed by atoms with E-state index in [0.717, 1.165) is 0 Å². The van der Waals surface area contributed by atoms with Gasteiger partial charge in [0.25, 0.3) is 0 Å². The molecule has 1 aromatic rings. The van der Waals surface area contributed by atoms with Gasteiger partial charge in [-0.3, -0.25) is 14.4 Å². The lowest BCUT2D eigenvalue weighted by Crippen LogP contribution is -2.43. The molecule has 2 N–H and O–H groups in total. The summed E-state index contributed by atoms with van der Waals surface area (Å²) in [6.07, 6.45) is 0.493. The Balaban J connectivity index is 2.45. The smallest absolute Gasteiger partial charge is 0.303 e. The third-order valence-electron chi connectivity index (χ3n) is 3.43. The Hall–Kier alpha value is -2.37. The quantitative estimate of drug-likeness (QED) is 0.681. The number of aliphatic carboxylic acids is 1. The van der Waals surface area contributed by atoms with Crippen molar-refractivity contribution >= 4 is 17.7 Å². The van der Waals surface area contributed by atoms with E-state index in [1.54, 1.807) is 45.2 Å². The molecule has 0 aliphatic heterocycles. The monoisotopic (exact) mass is 321 g/mol. The summed E-state index contributed by atoms with van der Waals surface area (Å²) < 4.78 is 5.02. The second-order valence-corrected chi connectivity index (χ2v) is 5.98. The minimum atomic E-state index is -0.901. The highest BCUT2D eigenvalue weighted by atomic mass is 16.5. The fourth-order valence-corrected chi connectivity index (χ4v) is 2.07. The van der Waals surface area contributed by atoms with Gasteiger partial charge in [-0.2, -0.15) is 0 Å². The van der Waals surface area contributed by atoms with Crippen molar-refractivity contribution in [2.24, 2.45) is 0 Å². The average Bonchev–Trinajstić information content (AvgIpc) is 2.50. The molecule has 6 heteroatoms. The Morgan fingerprint density at radius 3 is 2.22 bits per heavy atom. The van der Waals surface area contributed by atoms with Crippen LogP contribution in [0.3, 0.4) is 0 Å². The summed E-state index contributed by atoms with van der Waals surface area (Å²) in [5, 5.41) is 11.4. The van der Waals surface area contributed by atoms with Crippen LogP contribution >= 0.6 is 0 Å². The molecule has 0 aromatic heterocycles. The van der Waals surface area contributed by atoms with Crippen LogP contribution in [0.15, 0.2) is 24.3 Å². The van der Waals surface area contributed by atoms with Crippen molar-refractivity contribution in [1.82, 2.24) is 5.32 Å². The highest BCUT2D eigenvalue weighted by molar-refractivity contribution is 5.98. The molecular weight excluding hydrogens is 298 g/mol. The molecule has 0 heterocycles. The summed E-state index contributed by atoms with van der Waals surface area (Å²) in [7, 11) is 1.55. The second-order valence-electron chi connectivity index (χ2n) is 5.98. The van der Waals surface area contributed by atoms with Crippen LogP contribution in [-0.2, 0) is 9.59 Å². The van der Waals surface area contributed by atoms with Gasteiger partial charge in [0.1, 0.15) is 5.75 Å². The number of amides is 1. The molecule has 0 spiro atoms. The predicted octanol–water partition coefficient (Wildman–Crippen LogP) is 2.42. The SMILES string of the molecule is COc1ccc(C(=O)CCC(=O)NC(C)(C)CCC(=O)O)cc1. The lowest BCUT2D eigenvalue weighted by atomic mass is 9.97. The molecule has 6 nitrogen and oxygen atoms in total. The maximum Gasteiger partial charge on any atom is 0.303 e. The zero-order chi connectivity index (χ0) is 17.5. The molecule has 0 fully saturated rings. The van der Waals surface area contributed by atoms with Gasteiger partial charge in [0.2, 0.25) is 5.91 Å². The molecule has 0 aliphatic carbocycles. The molecule has 1 rings (SSSR count). The number of carboxylic acids is 1. The second kappa shape index (κ2) is 8.31. The fourth-order valence-electron chi connectivity index (χ4n) is 2.07. The zero-order valence-corrected chi connectivity index (χ0v) is 13.7. The average molecular weight is 321 g/mol. The van der Waals surface area contributed by atoms with Gasteiger partial charge in [0.15, 0.2) is 5.78 Å². The van der Waals surface area contributed by atoms with Crippen molar-refractivity contribution in [2.75, 3.05) is 7.11 Å². The number of carboxylic acid groups (broad SMARTS) is 1. The van der Waals surface area contributed by atoms with Crippen LogP contribution in [-0.4, -0.2) is 35.4 Å². The van der Waals surface area contributed by atoms with Crippen molar-refractivity contribution in [3.63, 3.8) is 0 Å². The van der Waals surface area contributed by atoms with Gasteiger partial charge in [0, 0.05) is 30.4 Å². The first kappa shape index (κ1) is 18.7. The molecular formula is C17H23NO5. The largest absolute Gasteiger partial charge is 0.497 e. The Kier molecular flexibility index (Phi) is 6.75. The maximum atomic E-state index is 12.0. The van der Waals surface area contributed by atoms with Crippen LogP contribution in [0, 0.1) is 0 Å². The van der Waals surface area contributed by atoms with Crippen molar-refractivity contribution in [1.29, 1.82) is 0 Å². The van der Waals surface area contributed by atoms with Crippen LogP contribution in [0.25, 0.3) is 0 Å². The van der Waals surface area contributed by atoms with E-state index in [1.807, 2.05) is 0 Å². The molecule has 1 aromatic carbocycles. The number of rotatable bonds is 9. The molecule has 0 unspecified atom stereocenters. The van der Waals surface area contributed by atoms with Crippen molar-refractivity contribution in [2.45, 2.75) is 45.1 Å². The molecule has 0 saturated carbocycles. The van der Waals surface area contributed by atoms with E-state index in [2.05, 4.69) is 5.32 Å². The molecule has 0 aliphatic rings. The van der Waals surface area contributed by atoms with Crippen LogP contribution in [0.5, 0.6) is 5.75 Å². The highest BCUT2D eigenvalue weighted by Crippen LogP contribution is 2.14. The lowest BCUT2D eigenvalue weighted by molar-refractivity contribution is -0.137. The number of nitrogens with one attached hydrogen (secondary N) is 1. The number of hydrogen-bond donors (Lipinski definition) is 2. The van der Waals surface area contributed by atoms with E-state index in [-0.39, 0.29) is 31.0 Å². The van der Waals surface area contributed by atoms with E-state index in [0.29, 0.717) is 17.7 Å². The summed E-state index contributed by atoms with van der Waals surface area (Å²) in [6.45, 7) is 3.53. The third-order valence-corrected chi connectivity index (χ3v) is 3.43. The molecule has 126 valence electrons. The molecule has 1 amide bonds. The van der Waals surface area contributed by atoms with Crippen molar-refractivity contribution in [3.8, 4) is 5.75 Å². The van der Waals surface area contributed by atoms with E-state index in [1.165, 1.54) is 0 Å². The minimum absolute atomic E-state index is 0.0158. The van der Waals surface area contributed by atoms with Gasteiger partial charge in [-0.15, -0.1) is 0 Å². The fraction of sp³-hybridized carbons (Fsp3) is 0.471. The summed E-state index contributed by atoms with van der Waals surface area (Å²) in [5.74, 6) is -0.616. The summed E-state index contributed by atoms with van der Waals surface area (Å²) in [5.41, 5.74) is -0.0812. The van der Waals surface area contributed by atoms with E-state index in [4.69, 9.17) is 9.84 Å². The third kappa shape index (κ3) is 6.95. The standard InChI is InChI=1S/C17H23NO5/c1-17(2,11-10-16(21)22)18-15(20)9-8-14(19)12-4-6-13(23-3)7-5-12/h4-7H,8-11H2,1-3H3,(H,18,20)(H,21,22). The van der Waals surface area contributed by atoms with E-state index < -0.39 is 11.5 Å². The first-order valence-electron chi connectivity index (χ1n) is 7.43. The normalized spacial score (nSPS) is 10.9. The molecule has 0 bridgehead atoms. The van der Waals surface area contributed by atoms with Crippen LogP contribution in [0.2, 0.25) is 0 Å². The number of Topliss-reactive ketones (excluding diaryl/α,β-unsaturated/α-hetero) is 1. The summed E-state index contributed by atoms with van der Waals surface area (Å²) in [4.78, 5) is 34.5. The van der Waals surface area contributed by atoms with Gasteiger partial charge in [-0.1, -0.05) is 0 Å². The number of methoxy groups -OCH3 is 1. The van der Waals surface area contributed by atoms with Crippen LogP contribution in [0.4, 0.5) is 0 Å². The zero-order valence-electron chi connectivity index (χ0n) is 13.7. The Morgan fingerprint density at radius 1 is 1.09 bits per heavy atom. The minimum Gasteiger partial charge on any atom is -0.497 e. The van der Waals surface area contributed by atoms with Gasteiger partial charge >= 0.3 is 5.97 Å². The lowest BCUT2D eigenvalue weighted by Gasteiger charge is -2.25. The van der Waals surface area contributed by atoms with Crippen LogP contribution < -0.4 is 10.1 Å². The van der Waals surface area contributed by atoms with E-state index >= 15 is 0 Å². The van der Waals surface area contributed by atoms with Crippen molar-refractivity contribution in [3.05, 3.63) is 29.8 Å². The number of ether oxygens (including phenoxy) is 1. The summed E-state index contributed by atoms with van der Waals surface area (Å²) in [6, 6.07) is 6.72. The van der Waals surface area contributed by atoms with Gasteiger partial charge in [0.05, 0.1) is 7.11 Å². The topological polar surface area (TPSA) is 92.7 Å². The number of carbonyl (C=O) groups excluding carboxylic acids is 2. The van der Waals surface area contributed by atoms with Gasteiger partial charge in [-0.25, -0.2) is 0 Å². The first-order chi connectivity index (χ1) is 10.7. The molecule has 0 saturated heterocycles. The summed E-state index contributed by atoms with van der Waals surface area (Å²) >= 11 is 0. The van der Waals surface area contributed by atoms with Gasteiger partial charge < -0.3 is 15.2 Å². The Morgan fingerprint density at radius 2 is 1.70 bits per heavy atom. The van der Waals surface area contributed by atoms with Crippen LogP contribution in [0.1, 0.15) is 49.9 Å². The van der Waals surface area contributed by atoms with E-state index in [9.17, 15) is 14.4 Å². The predicted molar refractivity (Wildman–Crippen MR) is 85.7 cm³/mol. The Labute approximate surface area is 135 Å². The number of hydrogen-bond acceptors (Lipinski definition) is 4. The number of benzene rings is 1. The molecule has 0 radical (unpaired) electrons. The highest BCUT2D eigenvalue weighted by Gasteiger charge is 2.21. The number of ketones is 1. The molecule has 23 heavy (non-hydrogen) atoms. The maximum absolute atomic E-state index is 12.0. The number of carbonyl (C=O) groups is 3. The Bertz CT molecular complexity index is 563. The molecule has 0 atom stereocenters.